The predicted molar refractivity (Wildman–Crippen MR) is 57.8 cm³/mol. The van der Waals surface area contributed by atoms with Gasteiger partial charge in [0.2, 0.25) is 0 Å². The van der Waals surface area contributed by atoms with Crippen LogP contribution < -0.4 is 5.73 Å². The van der Waals surface area contributed by atoms with Gasteiger partial charge in [0, 0.05) is 6.04 Å². The highest BCUT2D eigenvalue weighted by molar-refractivity contribution is 6.30. The van der Waals surface area contributed by atoms with E-state index in [4.69, 9.17) is 17.3 Å². The Morgan fingerprint density at radius 2 is 2.29 bits per heavy atom. The van der Waals surface area contributed by atoms with E-state index in [1.807, 2.05) is 6.08 Å². The fourth-order valence-electron chi connectivity index (χ4n) is 1.21. The van der Waals surface area contributed by atoms with Gasteiger partial charge in [0.05, 0.1) is 5.02 Å². The summed E-state index contributed by atoms with van der Waals surface area (Å²) in [5.74, 6) is -0.411. The summed E-state index contributed by atoms with van der Waals surface area (Å²) in [6, 6.07) is 4.47. The molecule has 1 rings (SSSR count). The molecular weight excluding hydrogens is 201 g/mol. The highest BCUT2D eigenvalue weighted by Crippen LogP contribution is 2.22. The molecule has 1 aromatic rings. The summed E-state index contributed by atoms with van der Waals surface area (Å²) in [5.41, 5.74) is 6.73. The van der Waals surface area contributed by atoms with Gasteiger partial charge in [-0.05, 0) is 30.5 Å². The van der Waals surface area contributed by atoms with Gasteiger partial charge < -0.3 is 5.73 Å². The molecule has 0 heterocycles. The van der Waals surface area contributed by atoms with Crippen molar-refractivity contribution in [2.24, 2.45) is 5.73 Å². The summed E-state index contributed by atoms with van der Waals surface area (Å²) >= 11 is 5.64. The molecule has 0 saturated carbocycles. The molecule has 1 nitrogen and oxygen atoms in total. The second-order valence-corrected chi connectivity index (χ2v) is 3.55. The van der Waals surface area contributed by atoms with E-state index in [2.05, 4.69) is 6.58 Å². The Bertz CT molecular complexity index is 325. The Hall–Kier alpha value is -0.860. The summed E-state index contributed by atoms with van der Waals surface area (Å²) in [6.07, 6.45) is 3.45. The smallest absolute Gasteiger partial charge is 0.141 e. The number of nitrogens with two attached hydrogens (primary N) is 1. The van der Waals surface area contributed by atoms with Crippen molar-refractivity contribution in [3.63, 3.8) is 0 Å². The van der Waals surface area contributed by atoms with Crippen LogP contribution in [0.1, 0.15) is 24.4 Å². The molecule has 0 aliphatic carbocycles. The van der Waals surface area contributed by atoms with E-state index < -0.39 is 5.82 Å². The SMILES string of the molecule is C=CCCC(N)c1ccc(F)c(Cl)c1. The Balaban J connectivity index is 2.75. The Kier molecular flexibility index (Phi) is 4.11. The average molecular weight is 214 g/mol. The minimum Gasteiger partial charge on any atom is -0.324 e. The number of hydrogen-bond acceptors (Lipinski definition) is 1. The first-order valence-electron chi connectivity index (χ1n) is 4.46. The third-order valence-electron chi connectivity index (χ3n) is 2.05. The lowest BCUT2D eigenvalue weighted by atomic mass is 10.0. The van der Waals surface area contributed by atoms with Crippen LogP contribution in [0.25, 0.3) is 0 Å². The molecule has 0 saturated heterocycles. The molecule has 0 fully saturated rings. The maximum Gasteiger partial charge on any atom is 0.141 e. The Labute approximate surface area is 88.4 Å². The second-order valence-electron chi connectivity index (χ2n) is 3.15. The van der Waals surface area contributed by atoms with Crippen LogP contribution in [-0.2, 0) is 0 Å². The summed E-state index contributed by atoms with van der Waals surface area (Å²) in [4.78, 5) is 0. The molecule has 1 atom stereocenters. The van der Waals surface area contributed by atoms with Gasteiger partial charge in [-0.25, -0.2) is 4.39 Å². The van der Waals surface area contributed by atoms with Crippen molar-refractivity contribution in [1.82, 2.24) is 0 Å². The molecule has 0 aliphatic heterocycles. The Morgan fingerprint density at radius 3 is 2.86 bits per heavy atom. The molecular formula is C11H13ClFN. The molecule has 14 heavy (non-hydrogen) atoms. The quantitative estimate of drug-likeness (QED) is 0.762. The van der Waals surface area contributed by atoms with Crippen molar-refractivity contribution in [2.75, 3.05) is 0 Å². The summed E-state index contributed by atoms with van der Waals surface area (Å²) in [7, 11) is 0. The molecule has 1 aromatic carbocycles. The van der Waals surface area contributed by atoms with Gasteiger partial charge in [0.15, 0.2) is 0 Å². The van der Waals surface area contributed by atoms with Crippen LogP contribution in [0.2, 0.25) is 5.02 Å². The molecule has 0 amide bonds. The third kappa shape index (κ3) is 2.82. The first kappa shape index (κ1) is 11.2. The molecule has 2 N–H and O–H groups in total. The molecule has 0 radical (unpaired) electrons. The van der Waals surface area contributed by atoms with Crippen molar-refractivity contribution in [3.05, 3.63) is 47.3 Å². The third-order valence-corrected chi connectivity index (χ3v) is 2.34. The van der Waals surface area contributed by atoms with E-state index in [0.717, 1.165) is 18.4 Å². The van der Waals surface area contributed by atoms with Crippen molar-refractivity contribution < 1.29 is 4.39 Å². The topological polar surface area (TPSA) is 26.0 Å². The van der Waals surface area contributed by atoms with Gasteiger partial charge >= 0.3 is 0 Å². The van der Waals surface area contributed by atoms with Crippen molar-refractivity contribution in [2.45, 2.75) is 18.9 Å². The lowest BCUT2D eigenvalue weighted by Gasteiger charge is -2.10. The average Bonchev–Trinajstić information content (AvgIpc) is 2.18. The van der Waals surface area contributed by atoms with Gasteiger partial charge in [0.25, 0.3) is 0 Å². The second kappa shape index (κ2) is 5.13. The lowest BCUT2D eigenvalue weighted by Crippen LogP contribution is -2.09. The lowest BCUT2D eigenvalue weighted by molar-refractivity contribution is 0.621. The van der Waals surface area contributed by atoms with E-state index in [-0.39, 0.29) is 11.1 Å². The predicted octanol–water partition coefficient (Wildman–Crippen LogP) is 3.45. The minimum atomic E-state index is -0.411. The Morgan fingerprint density at radius 1 is 1.57 bits per heavy atom. The van der Waals surface area contributed by atoms with E-state index >= 15 is 0 Å². The van der Waals surface area contributed by atoms with Crippen molar-refractivity contribution in [1.29, 1.82) is 0 Å². The first-order chi connectivity index (χ1) is 6.65. The van der Waals surface area contributed by atoms with Crippen LogP contribution in [0.4, 0.5) is 4.39 Å². The first-order valence-corrected chi connectivity index (χ1v) is 4.84. The van der Waals surface area contributed by atoms with Gasteiger partial charge in [-0.15, -0.1) is 6.58 Å². The monoisotopic (exact) mass is 213 g/mol. The zero-order valence-electron chi connectivity index (χ0n) is 7.84. The van der Waals surface area contributed by atoms with Gasteiger partial charge in [-0.3, -0.25) is 0 Å². The fraction of sp³-hybridized carbons (Fsp3) is 0.273. The van der Waals surface area contributed by atoms with E-state index in [0.29, 0.717) is 0 Å². The molecule has 0 spiro atoms. The van der Waals surface area contributed by atoms with Crippen LogP contribution >= 0.6 is 11.6 Å². The maximum absolute atomic E-state index is 12.8. The van der Waals surface area contributed by atoms with Gasteiger partial charge in [0.1, 0.15) is 5.82 Å². The van der Waals surface area contributed by atoms with Crippen LogP contribution in [0, 0.1) is 5.82 Å². The minimum absolute atomic E-state index is 0.105. The van der Waals surface area contributed by atoms with Gasteiger partial charge in [-0.2, -0.15) is 0 Å². The molecule has 3 heteroatoms. The van der Waals surface area contributed by atoms with E-state index in [1.54, 1.807) is 12.1 Å². The largest absolute Gasteiger partial charge is 0.324 e. The summed E-state index contributed by atoms with van der Waals surface area (Å²) < 4.78 is 12.8. The van der Waals surface area contributed by atoms with Crippen molar-refractivity contribution >= 4 is 11.6 Å². The molecule has 1 unspecified atom stereocenters. The normalized spacial score (nSPS) is 12.5. The van der Waals surface area contributed by atoms with Crippen molar-refractivity contribution in [3.8, 4) is 0 Å². The molecule has 0 bridgehead atoms. The standard InChI is InChI=1S/C11H13ClFN/c1-2-3-4-11(14)8-5-6-10(13)9(12)7-8/h2,5-7,11H,1,3-4,14H2. The highest BCUT2D eigenvalue weighted by Gasteiger charge is 2.07. The zero-order chi connectivity index (χ0) is 10.6. The van der Waals surface area contributed by atoms with E-state index in [1.165, 1.54) is 6.07 Å². The van der Waals surface area contributed by atoms with E-state index in [9.17, 15) is 4.39 Å². The fourth-order valence-corrected chi connectivity index (χ4v) is 1.40. The maximum atomic E-state index is 12.8. The molecule has 0 aromatic heterocycles. The van der Waals surface area contributed by atoms with Crippen LogP contribution in [0.15, 0.2) is 30.9 Å². The van der Waals surface area contributed by atoms with Crippen LogP contribution in [0.5, 0.6) is 0 Å². The number of halogens is 2. The number of benzene rings is 1. The van der Waals surface area contributed by atoms with Crippen LogP contribution in [0.3, 0.4) is 0 Å². The van der Waals surface area contributed by atoms with Crippen LogP contribution in [-0.4, -0.2) is 0 Å². The number of hydrogen-bond donors (Lipinski definition) is 1. The molecule has 76 valence electrons. The summed E-state index contributed by atoms with van der Waals surface area (Å²) in [5, 5.41) is 0.122. The number of allylic oxidation sites excluding steroid dienone is 1. The molecule has 0 aliphatic rings. The summed E-state index contributed by atoms with van der Waals surface area (Å²) in [6.45, 7) is 3.62. The number of rotatable bonds is 4. The van der Waals surface area contributed by atoms with Gasteiger partial charge in [-0.1, -0.05) is 23.7 Å². The highest BCUT2D eigenvalue weighted by atomic mass is 35.5. The zero-order valence-corrected chi connectivity index (χ0v) is 8.60.